The molecule has 3 aliphatic rings. The van der Waals surface area contributed by atoms with Crippen molar-refractivity contribution >= 4 is 28.4 Å². The average Bonchev–Trinajstić information content (AvgIpc) is 3.32. The Morgan fingerprint density at radius 3 is 2.67 bits per heavy atom. The van der Waals surface area contributed by atoms with Crippen molar-refractivity contribution in [2.45, 2.75) is 57.8 Å². The first kappa shape index (κ1) is 19.2. The van der Waals surface area contributed by atoms with Gasteiger partial charge in [0.25, 0.3) is 5.56 Å². The summed E-state index contributed by atoms with van der Waals surface area (Å²) in [5, 5.41) is 2.92. The predicted molar refractivity (Wildman–Crippen MR) is 121 cm³/mol. The van der Waals surface area contributed by atoms with Crippen LogP contribution in [0.4, 0.5) is 5.82 Å². The number of anilines is 1. The van der Waals surface area contributed by atoms with Crippen LogP contribution in [0.3, 0.4) is 0 Å². The van der Waals surface area contributed by atoms with Gasteiger partial charge in [-0.2, -0.15) is 0 Å². The summed E-state index contributed by atoms with van der Waals surface area (Å²) in [4.78, 5) is 33.5. The second-order valence-corrected chi connectivity index (χ2v) is 8.82. The van der Waals surface area contributed by atoms with Crippen LogP contribution in [0.2, 0.25) is 0 Å². The van der Waals surface area contributed by atoms with E-state index in [9.17, 15) is 9.59 Å². The summed E-state index contributed by atoms with van der Waals surface area (Å²) in [6.07, 6.45) is 4.50. The molecule has 1 aliphatic carbocycles. The molecule has 1 aromatic carbocycles. The van der Waals surface area contributed by atoms with Crippen LogP contribution in [-0.4, -0.2) is 31.3 Å². The molecule has 1 saturated carbocycles. The summed E-state index contributed by atoms with van der Waals surface area (Å²) in [5.74, 6) is 0.228. The van der Waals surface area contributed by atoms with Crippen molar-refractivity contribution in [1.29, 1.82) is 0 Å². The van der Waals surface area contributed by atoms with Gasteiger partial charge in [-0.1, -0.05) is 54.9 Å². The van der Waals surface area contributed by atoms with E-state index in [0.717, 1.165) is 29.3 Å². The molecule has 30 heavy (non-hydrogen) atoms. The number of nitrogen functional groups attached to an aromatic ring is 1. The number of rotatable bonds is 4. The summed E-state index contributed by atoms with van der Waals surface area (Å²) in [6.45, 7) is 2.44. The Morgan fingerprint density at radius 2 is 1.90 bits per heavy atom. The van der Waals surface area contributed by atoms with Gasteiger partial charge < -0.3 is 10.6 Å². The Labute approximate surface area is 178 Å². The summed E-state index contributed by atoms with van der Waals surface area (Å²) in [6, 6.07) is 10.3. The Morgan fingerprint density at radius 1 is 1.13 bits per heavy atom. The zero-order chi connectivity index (χ0) is 20.8. The molecule has 0 saturated heterocycles. The van der Waals surface area contributed by atoms with E-state index in [1.165, 1.54) is 22.0 Å². The number of aliphatic imine (C=N–C) groups is 1. The first-order chi connectivity index (χ1) is 14.6. The lowest BCUT2D eigenvalue weighted by Crippen LogP contribution is -2.45. The van der Waals surface area contributed by atoms with Crippen molar-refractivity contribution in [2.24, 2.45) is 4.99 Å². The first-order valence-corrected chi connectivity index (χ1v) is 11.4. The van der Waals surface area contributed by atoms with Gasteiger partial charge in [-0.15, -0.1) is 0 Å². The molecule has 0 spiro atoms. The normalized spacial score (nSPS) is 22.5. The van der Waals surface area contributed by atoms with E-state index in [1.807, 2.05) is 42.7 Å². The van der Waals surface area contributed by atoms with Crippen LogP contribution < -0.4 is 17.0 Å². The monoisotopic (exact) mass is 423 g/mol. The Balaban J connectivity index is 1.64. The third kappa shape index (κ3) is 2.93. The van der Waals surface area contributed by atoms with E-state index in [1.54, 1.807) is 11.8 Å². The molecule has 1 fully saturated rings. The molecule has 156 valence electrons. The lowest BCUT2D eigenvalue weighted by atomic mass is 9.90. The highest BCUT2D eigenvalue weighted by Gasteiger charge is 2.43. The van der Waals surface area contributed by atoms with Gasteiger partial charge in [-0.05, 0) is 25.3 Å². The zero-order valence-corrected chi connectivity index (χ0v) is 17.8. The summed E-state index contributed by atoms with van der Waals surface area (Å²) in [7, 11) is 0. The van der Waals surface area contributed by atoms with Gasteiger partial charge >= 0.3 is 5.69 Å². The quantitative estimate of drug-likeness (QED) is 0.817. The van der Waals surface area contributed by atoms with E-state index in [-0.39, 0.29) is 29.2 Å². The molecule has 0 radical (unpaired) electrons. The van der Waals surface area contributed by atoms with E-state index < -0.39 is 0 Å². The smallest absolute Gasteiger partial charge is 0.332 e. The van der Waals surface area contributed by atoms with Gasteiger partial charge in [0.05, 0.1) is 24.3 Å². The van der Waals surface area contributed by atoms with Gasteiger partial charge in [0.1, 0.15) is 11.4 Å². The van der Waals surface area contributed by atoms with E-state index in [0.29, 0.717) is 18.7 Å². The number of aromatic nitrogens is 2. The minimum Gasteiger partial charge on any atom is -0.384 e. The molecule has 3 heterocycles. The van der Waals surface area contributed by atoms with Crippen molar-refractivity contribution in [3.8, 4) is 0 Å². The van der Waals surface area contributed by atoms with Crippen LogP contribution in [0, 0.1) is 0 Å². The van der Waals surface area contributed by atoms with Crippen LogP contribution in [0.1, 0.15) is 43.7 Å². The maximum absolute atomic E-state index is 13.3. The van der Waals surface area contributed by atoms with Crippen LogP contribution in [0.5, 0.6) is 0 Å². The fraction of sp³-hybridized carbons (Fsp3) is 0.409. The highest BCUT2D eigenvalue weighted by molar-refractivity contribution is 8.16. The van der Waals surface area contributed by atoms with Gasteiger partial charge in [-0.3, -0.25) is 18.9 Å². The molecule has 0 unspecified atom stereocenters. The van der Waals surface area contributed by atoms with Crippen molar-refractivity contribution < 1.29 is 0 Å². The van der Waals surface area contributed by atoms with Crippen LogP contribution in [0.25, 0.3) is 5.70 Å². The summed E-state index contributed by atoms with van der Waals surface area (Å²) >= 11 is 1.55. The summed E-state index contributed by atoms with van der Waals surface area (Å²) in [5.41, 5.74) is 7.99. The molecule has 2 aliphatic heterocycles. The number of nitrogens with zero attached hydrogens (tertiary/aromatic N) is 4. The van der Waals surface area contributed by atoms with Crippen molar-refractivity contribution in [2.75, 3.05) is 5.73 Å². The second-order valence-electron chi connectivity index (χ2n) is 7.99. The average molecular weight is 424 g/mol. The van der Waals surface area contributed by atoms with Crippen molar-refractivity contribution in [3.63, 3.8) is 0 Å². The van der Waals surface area contributed by atoms with Gasteiger partial charge in [-0.25, -0.2) is 4.79 Å². The number of benzene rings is 1. The van der Waals surface area contributed by atoms with E-state index in [2.05, 4.69) is 4.90 Å². The molecule has 2 atom stereocenters. The fourth-order valence-electron chi connectivity index (χ4n) is 4.76. The standard InChI is InChI=1S/C22H25N5O2S/c1-2-25-20(28)18(19(23)26(22(25)29)12-14-8-4-3-5-9-14)17-13-30-21-24-15-10-6-7-11-16(15)27(17)21/h3-5,8-9,13,15-16H,2,6-7,10-12,23H2,1H3/t15-,16+/m0/s1. The lowest BCUT2D eigenvalue weighted by Gasteiger charge is -2.32. The van der Waals surface area contributed by atoms with E-state index >= 15 is 0 Å². The lowest BCUT2D eigenvalue weighted by molar-refractivity contribution is 0.305. The van der Waals surface area contributed by atoms with Gasteiger partial charge in [0, 0.05) is 12.0 Å². The first-order valence-electron chi connectivity index (χ1n) is 10.5. The minimum absolute atomic E-state index is 0.228. The third-order valence-corrected chi connectivity index (χ3v) is 7.12. The summed E-state index contributed by atoms with van der Waals surface area (Å²) < 4.78 is 2.80. The molecule has 2 aromatic rings. The zero-order valence-electron chi connectivity index (χ0n) is 17.0. The SMILES string of the molecule is CCn1c(=O)c(C2=CSC3=N[C@H]4CCCC[C@H]4N23)c(N)n(Cc2ccccc2)c1=O. The molecular weight excluding hydrogens is 398 g/mol. The Hall–Kier alpha value is -2.74. The minimum atomic E-state index is -0.371. The van der Waals surface area contributed by atoms with Crippen LogP contribution in [0.15, 0.2) is 50.3 Å². The molecule has 1 aromatic heterocycles. The molecule has 0 amide bonds. The molecule has 2 N–H and O–H groups in total. The Bertz CT molecular complexity index is 1160. The number of thioether (sulfide) groups is 1. The fourth-order valence-corrected chi connectivity index (χ4v) is 5.75. The number of amidine groups is 1. The second kappa shape index (κ2) is 7.50. The Kier molecular flexibility index (Phi) is 4.81. The van der Waals surface area contributed by atoms with E-state index in [4.69, 9.17) is 10.7 Å². The maximum atomic E-state index is 13.3. The molecule has 8 heteroatoms. The number of nitrogens with two attached hydrogens (primary N) is 1. The van der Waals surface area contributed by atoms with Crippen LogP contribution in [-0.2, 0) is 13.1 Å². The van der Waals surface area contributed by atoms with Crippen molar-refractivity contribution in [3.05, 3.63) is 67.7 Å². The topological polar surface area (TPSA) is 85.6 Å². The number of hydrogen-bond acceptors (Lipinski definition) is 6. The molecule has 7 nitrogen and oxygen atoms in total. The number of fused-ring (bicyclic) bond motifs is 3. The van der Waals surface area contributed by atoms with Crippen molar-refractivity contribution in [1.82, 2.24) is 14.0 Å². The molecular formula is C22H25N5O2S. The third-order valence-electron chi connectivity index (χ3n) is 6.27. The highest BCUT2D eigenvalue weighted by atomic mass is 32.2. The highest BCUT2D eigenvalue weighted by Crippen LogP contribution is 2.44. The van der Waals surface area contributed by atoms with Gasteiger partial charge in [0.2, 0.25) is 0 Å². The molecule has 5 rings (SSSR count). The van der Waals surface area contributed by atoms with Gasteiger partial charge in [0.15, 0.2) is 5.17 Å². The number of hydrogen-bond donors (Lipinski definition) is 1. The molecule has 0 bridgehead atoms. The maximum Gasteiger partial charge on any atom is 0.332 e. The predicted octanol–water partition coefficient (Wildman–Crippen LogP) is 2.69. The van der Waals surface area contributed by atoms with Crippen LogP contribution >= 0.6 is 11.8 Å². The largest absolute Gasteiger partial charge is 0.384 e.